The molecule has 0 spiro atoms. The average Bonchev–Trinajstić information content (AvgIpc) is 2.53. The van der Waals surface area contributed by atoms with Crippen molar-refractivity contribution in [3.05, 3.63) is 28.8 Å². The standard InChI is InChI=1S/C13H15ClN2O/c1-8-5-13(17)9(2)16(8)11-4-3-10(7-15)12(14)6-11/h3-4,6,8-9,13,17H,5H2,1-2H3. The van der Waals surface area contributed by atoms with Crippen molar-refractivity contribution in [1.29, 1.82) is 5.26 Å². The Balaban J connectivity index is 2.35. The first kappa shape index (κ1) is 12.2. The second-order valence-corrected chi connectivity index (χ2v) is 4.98. The lowest BCUT2D eigenvalue weighted by Gasteiger charge is -2.29. The molecule has 0 saturated carbocycles. The van der Waals surface area contributed by atoms with Crippen LogP contribution in [0.2, 0.25) is 5.02 Å². The molecule has 0 aromatic heterocycles. The third-order valence-corrected chi connectivity index (χ3v) is 3.74. The van der Waals surface area contributed by atoms with Gasteiger partial charge in [-0.05, 0) is 38.5 Å². The first-order valence-electron chi connectivity index (χ1n) is 5.70. The molecule has 1 aromatic carbocycles. The number of aliphatic hydroxyl groups excluding tert-OH is 1. The van der Waals surface area contributed by atoms with Crippen molar-refractivity contribution in [2.24, 2.45) is 0 Å². The molecule has 0 aliphatic carbocycles. The third kappa shape index (κ3) is 2.11. The first-order chi connectivity index (χ1) is 8.04. The van der Waals surface area contributed by atoms with E-state index in [9.17, 15) is 5.11 Å². The highest BCUT2D eigenvalue weighted by Crippen LogP contribution is 2.32. The number of halogens is 1. The molecule has 1 aliphatic heterocycles. The summed E-state index contributed by atoms with van der Waals surface area (Å²) in [4.78, 5) is 2.15. The average molecular weight is 251 g/mol. The smallest absolute Gasteiger partial charge is 0.101 e. The van der Waals surface area contributed by atoms with Crippen LogP contribution in [-0.4, -0.2) is 23.3 Å². The fraction of sp³-hybridized carbons (Fsp3) is 0.462. The van der Waals surface area contributed by atoms with Gasteiger partial charge in [-0.15, -0.1) is 0 Å². The number of rotatable bonds is 1. The molecule has 0 bridgehead atoms. The van der Waals surface area contributed by atoms with Crippen molar-refractivity contribution in [3.63, 3.8) is 0 Å². The van der Waals surface area contributed by atoms with Gasteiger partial charge in [0.1, 0.15) is 6.07 Å². The Hall–Kier alpha value is -1.24. The van der Waals surface area contributed by atoms with Gasteiger partial charge in [0.15, 0.2) is 0 Å². The molecule has 0 amide bonds. The van der Waals surface area contributed by atoms with Crippen LogP contribution in [0.4, 0.5) is 5.69 Å². The highest BCUT2D eigenvalue weighted by Gasteiger charge is 2.34. The first-order valence-corrected chi connectivity index (χ1v) is 6.08. The molecule has 0 radical (unpaired) electrons. The summed E-state index contributed by atoms with van der Waals surface area (Å²) in [6.07, 6.45) is 0.457. The SMILES string of the molecule is CC1CC(O)C(C)N1c1ccc(C#N)c(Cl)c1. The number of nitrogens with zero attached hydrogens (tertiary/aromatic N) is 2. The van der Waals surface area contributed by atoms with Crippen molar-refractivity contribution in [1.82, 2.24) is 0 Å². The van der Waals surface area contributed by atoms with E-state index in [1.54, 1.807) is 12.1 Å². The summed E-state index contributed by atoms with van der Waals surface area (Å²) in [6.45, 7) is 4.08. The topological polar surface area (TPSA) is 47.3 Å². The number of hydrogen-bond acceptors (Lipinski definition) is 3. The van der Waals surface area contributed by atoms with Crippen LogP contribution in [0.5, 0.6) is 0 Å². The van der Waals surface area contributed by atoms with Crippen LogP contribution < -0.4 is 4.90 Å². The van der Waals surface area contributed by atoms with Gasteiger partial charge in [0.2, 0.25) is 0 Å². The lowest BCUT2D eigenvalue weighted by molar-refractivity contribution is 0.168. The fourth-order valence-electron chi connectivity index (χ4n) is 2.49. The molecule has 4 heteroatoms. The molecular formula is C13H15ClN2O. The van der Waals surface area contributed by atoms with E-state index < -0.39 is 0 Å². The maximum atomic E-state index is 9.84. The monoisotopic (exact) mass is 250 g/mol. The van der Waals surface area contributed by atoms with E-state index in [1.165, 1.54) is 0 Å². The normalized spacial score (nSPS) is 28.2. The molecule has 3 nitrogen and oxygen atoms in total. The summed E-state index contributed by atoms with van der Waals surface area (Å²) < 4.78 is 0. The van der Waals surface area contributed by atoms with E-state index in [0.29, 0.717) is 10.6 Å². The Kier molecular flexibility index (Phi) is 3.28. The molecule has 3 atom stereocenters. The Morgan fingerprint density at radius 1 is 1.47 bits per heavy atom. The zero-order valence-electron chi connectivity index (χ0n) is 9.89. The van der Waals surface area contributed by atoms with Gasteiger partial charge in [-0.25, -0.2) is 0 Å². The maximum absolute atomic E-state index is 9.84. The summed E-state index contributed by atoms with van der Waals surface area (Å²) in [5.41, 5.74) is 1.45. The molecule has 1 N–H and O–H groups in total. The summed E-state index contributed by atoms with van der Waals surface area (Å²) in [6, 6.07) is 7.81. The van der Waals surface area contributed by atoms with Gasteiger partial charge in [0.05, 0.1) is 22.7 Å². The summed E-state index contributed by atoms with van der Waals surface area (Å²) in [5, 5.41) is 19.1. The van der Waals surface area contributed by atoms with Crippen molar-refractivity contribution in [2.45, 2.75) is 38.5 Å². The molecule has 90 valence electrons. The molecule has 1 aromatic rings. The third-order valence-electron chi connectivity index (χ3n) is 3.42. The fourth-order valence-corrected chi connectivity index (χ4v) is 2.71. The molecule has 3 unspecified atom stereocenters. The number of aliphatic hydroxyl groups is 1. The van der Waals surface area contributed by atoms with Crippen LogP contribution in [0.15, 0.2) is 18.2 Å². The molecular weight excluding hydrogens is 236 g/mol. The summed E-state index contributed by atoms with van der Waals surface area (Å²) in [7, 11) is 0. The van der Waals surface area contributed by atoms with E-state index in [-0.39, 0.29) is 18.2 Å². The molecule has 2 rings (SSSR count). The van der Waals surface area contributed by atoms with Gasteiger partial charge >= 0.3 is 0 Å². The molecule has 1 heterocycles. The van der Waals surface area contributed by atoms with Gasteiger partial charge in [0.25, 0.3) is 0 Å². The Labute approximate surface area is 106 Å². The minimum Gasteiger partial charge on any atom is -0.391 e. The Morgan fingerprint density at radius 2 is 2.18 bits per heavy atom. The zero-order valence-corrected chi connectivity index (χ0v) is 10.6. The molecule has 17 heavy (non-hydrogen) atoms. The van der Waals surface area contributed by atoms with E-state index in [4.69, 9.17) is 16.9 Å². The van der Waals surface area contributed by atoms with E-state index in [0.717, 1.165) is 12.1 Å². The van der Waals surface area contributed by atoms with Gasteiger partial charge in [-0.2, -0.15) is 5.26 Å². The van der Waals surface area contributed by atoms with Crippen LogP contribution in [0.3, 0.4) is 0 Å². The minimum absolute atomic E-state index is 0.0778. The van der Waals surface area contributed by atoms with Crippen molar-refractivity contribution < 1.29 is 5.11 Å². The zero-order chi connectivity index (χ0) is 12.6. The number of hydrogen-bond donors (Lipinski definition) is 1. The number of anilines is 1. The second-order valence-electron chi connectivity index (χ2n) is 4.58. The predicted molar refractivity (Wildman–Crippen MR) is 68.2 cm³/mol. The van der Waals surface area contributed by atoms with Crippen molar-refractivity contribution in [3.8, 4) is 6.07 Å². The Bertz CT molecular complexity index is 469. The van der Waals surface area contributed by atoms with Crippen LogP contribution in [0.25, 0.3) is 0 Å². The van der Waals surface area contributed by atoms with Crippen molar-refractivity contribution in [2.75, 3.05) is 4.90 Å². The van der Waals surface area contributed by atoms with Gasteiger partial charge in [-0.3, -0.25) is 0 Å². The van der Waals surface area contributed by atoms with Crippen LogP contribution in [0, 0.1) is 11.3 Å². The number of nitriles is 1. The molecule has 1 saturated heterocycles. The van der Waals surface area contributed by atoms with E-state index in [2.05, 4.69) is 11.8 Å². The quantitative estimate of drug-likeness (QED) is 0.833. The highest BCUT2D eigenvalue weighted by atomic mass is 35.5. The van der Waals surface area contributed by atoms with Crippen molar-refractivity contribution >= 4 is 17.3 Å². The largest absolute Gasteiger partial charge is 0.391 e. The molecule has 1 aliphatic rings. The lowest BCUT2D eigenvalue weighted by Crippen LogP contribution is -2.35. The highest BCUT2D eigenvalue weighted by molar-refractivity contribution is 6.32. The van der Waals surface area contributed by atoms with Crippen LogP contribution >= 0.6 is 11.6 Å². The van der Waals surface area contributed by atoms with E-state index >= 15 is 0 Å². The maximum Gasteiger partial charge on any atom is 0.101 e. The minimum atomic E-state index is -0.306. The summed E-state index contributed by atoms with van der Waals surface area (Å²) >= 11 is 6.03. The van der Waals surface area contributed by atoms with Gasteiger partial charge in [0, 0.05) is 11.7 Å². The summed E-state index contributed by atoms with van der Waals surface area (Å²) in [5.74, 6) is 0. The second kappa shape index (κ2) is 4.56. The Morgan fingerprint density at radius 3 is 2.65 bits per heavy atom. The van der Waals surface area contributed by atoms with Crippen LogP contribution in [-0.2, 0) is 0 Å². The predicted octanol–water partition coefficient (Wildman–Crippen LogP) is 2.56. The molecule has 1 fully saturated rings. The number of benzene rings is 1. The van der Waals surface area contributed by atoms with E-state index in [1.807, 2.05) is 19.1 Å². The van der Waals surface area contributed by atoms with Gasteiger partial charge < -0.3 is 10.0 Å². The lowest BCUT2D eigenvalue weighted by atomic mass is 10.1. The van der Waals surface area contributed by atoms with Gasteiger partial charge in [-0.1, -0.05) is 11.6 Å². The van der Waals surface area contributed by atoms with Crippen LogP contribution in [0.1, 0.15) is 25.8 Å².